The predicted molar refractivity (Wildman–Crippen MR) is 142 cm³/mol. The maximum Gasteiger partial charge on any atom is 0.322 e. The molecule has 1 unspecified atom stereocenters. The number of ether oxygens (including phenoxy) is 1. The number of hydrogen-bond acceptors (Lipinski definition) is 4. The zero-order valence-electron chi connectivity index (χ0n) is 19.9. The topological polar surface area (TPSA) is 76.5 Å². The van der Waals surface area contributed by atoms with Gasteiger partial charge in [-0.15, -0.1) is 0 Å². The monoisotopic (exact) mass is 534 g/mol. The number of nitrogens with zero attached hydrogens (tertiary/aromatic N) is 3. The van der Waals surface area contributed by atoms with Crippen molar-refractivity contribution in [3.8, 4) is 5.69 Å². The molecule has 0 fully saturated rings. The summed E-state index contributed by atoms with van der Waals surface area (Å²) in [6.07, 6.45) is 0. The zero-order valence-corrected chi connectivity index (χ0v) is 21.5. The molecule has 1 atom stereocenters. The van der Waals surface area contributed by atoms with Gasteiger partial charge in [-0.1, -0.05) is 36.4 Å². The van der Waals surface area contributed by atoms with E-state index >= 15 is 0 Å². The SMILES string of the molecule is COCCN(C(=O)Nc1ccccc1Br)C(C)c1nc2ccccc2c(=O)n1-c1cccc(C)c1. The van der Waals surface area contributed by atoms with E-state index in [-0.39, 0.29) is 11.6 Å². The summed E-state index contributed by atoms with van der Waals surface area (Å²) in [5.41, 5.74) is 2.77. The minimum Gasteiger partial charge on any atom is -0.383 e. The molecule has 4 rings (SSSR count). The number of para-hydroxylation sites is 2. The molecule has 3 aromatic carbocycles. The Labute approximate surface area is 212 Å². The van der Waals surface area contributed by atoms with E-state index in [1.807, 2.05) is 80.6 Å². The summed E-state index contributed by atoms with van der Waals surface area (Å²) in [5, 5.41) is 3.48. The van der Waals surface area contributed by atoms with E-state index in [0.29, 0.717) is 41.3 Å². The molecule has 0 saturated carbocycles. The van der Waals surface area contributed by atoms with Crippen molar-refractivity contribution >= 4 is 38.6 Å². The van der Waals surface area contributed by atoms with Crippen LogP contribution in [0.4, 0.5) is 10.5 Å². The molecule has 0 aliphatic carbocycles. The lowest BCUT2D eigenvalue weighted by molar-refractivity contribution is 0.137. The molecule has 8 heteroatoms. The summed E-state index contributed by atoms with van der Waals surface area (Å²) in [6.45, 7) is 4.49. The number of carbonyl (C=O) groups excluding carboxylic acids is 1. The van der Waals surface area contributed by atoms with Crippen LogP contribution in [0.5, 0.6) is 0 Å². The molecular weight excluding hydrogens is 508 g/mol. The third-order valence-electron chi connectivity index (χ3n) is 5.82. The van der Waals surface area contributed by atoms with Gasteiger partial charge in [0.05, 0.1) is 34.9 Å². The summed E-state index contributed by atoms with van der Waals surface area (Å²) >= 11 is 3.48. The first-order valence-electron chi connectivity index (χ1n) is 11.3. The highest BCUT2D eigenvalue weighted by Crippen LogP contribution is 2.26. The third kappa shape index (κ3) is 5.28. The number of anilines is 1. The Morgan fingerprint density at radius 1 is 1.11 bits per heavy atom. The van der Waals surface area contributed by atoms with Gasteiger partial charge in [0, 0.05) is 18.1 Å². The lowest BCUT2D eigenvalue weighted by Crippen LogP contribution is -2.41. The molecule has 4 aromatic rings. The van der Waals surface area contributed by atoms with E-state index < -0.39 is 6.04 Å². The van der Waals surface area contributed by atoms with Gasteiger partial charge >= 0.3 is 6.03 Å². The van der Waals surface area contributed by atoms with Crippen molar-refractivity contribution in [3.63, 3.8) is 0 Å². The second-order valence-electron chi connectivity index (χ2n) is 8.24. The molecule has 35 heavy (non-hydrogen) atoms. The highest BCUT2D eigenvalue weighted by molar-refractivity contribution is 9.10. The van der Waals surface area contributed by atoms with Gasteiger partial charge in [0.1, 0.15) is 5.82 Å². The maximum atomic E-state index is 13.7. The van der Waals surface area contributed by atoms with E-state index in [2.05, 4.69) is 21.2 Å². The van der Waals surface area contributed by atoms with Gasteiger partial charge in [0.15, 0.2) is 0 Å². The van der Waals surface area contributed by atoms with E-state index in [1.54, 1.807) is 22.6 Å². The van der Waals surface area contributed by atoms with Gasteiger partial charge in [-0.2, -0.15) is 0 Å². The van der Waals surface area contributed by atoms with Crippen molar-refractivity contribution < 1.29 is 9.53 Å². The highest BCUT2D eigenvalue weighted by Gasteiger charge is 2.27. The van der Waals surface area contributed by atoms with Crippen molar-refractivity contribution in [1.29, 1.82) is 0 Å². The molecule has 1 N–H and O–H groups in total. The number of urea groups is 1. The van der Waals surface area contributed by atoms with E-state index in [4.69, 9.17) is 9.72 Å². The highest BCUT2D eigenvalue weighted by atomic mass is 79.9. The normalized spacial score (nSPS) is 11.9. The standard InChI is InChI=1S/C27H27BrN4O3/c1-18-9-8-10-20(17-18)32-25(29-23-13-6-4-11-21(23)26(32)33)19(2)31(15-16-35-3)27(34)30-24-14-7-5-12-22(24)28/h4-14,17,19H,15-16H2,1-3H3,(H,30,34). The van der Waals surface area contributed by atoms with Crippen LogP contribution in [-0.2, 0) is 4.74 Å². The summed E-state index contributed by atoms with van der Waals surface area (Å²) in [4.78, 5) is 33.6. The fourth-order valence-corrected chi connectivity index (χ4v) is 4.38. The Morgan fingerprint density at radius 2 is 1.86 bits per heavy atom. The number of halogens is 1. The third-order valence-corrected chi connectivity index (χ3v) is 6.51. The largest absolute Gasteiger partial charge is 0.383 e. The maximum absolute atomic E-state index is 13.7. The van der Waals surface area contributed by atoms with Crippen LogP contribution in [0.3, 0.4) is 0 Å². The number of amides is 2. The molecule has 1 aromatic heterocycles. The molecule has 1 heterocycles. The average molecular weight is 535 g/mol. The summed E-state index contributed by atoms with van der Waals surface area (Å²) < 4.78 is 7.66. The van der Waals surface area contributed by atoms with Crippen LogP contribution in [0.15, 0.2) is 82.1 Å². The first-order chi connectivity index (χ1) is 16.9. The van der Waals surface area contributed by atoms with Gasteiger partial charge in [-0.05, 0) is 71.7 Å². The number of benzene rings is 3. The second kappa shape index (κ2) is 10.8. The molecule has 2 amide bonds. The Morgan fingerprint density at radius 3 is 2.60 bits per heavy atom. The van der Waals surface area contributed by atoms with Crippen LogP contribution in [0.2, 0.25) is 0 Å². The zero-order chi connectivity index (χ0) is 24.9. The number of carbonyl (C=O) groups is 1. The van der Waals surface area contributed by atoms with Crippen molar-refractivity contribution in [2.24, 2.45) is 0 Å². The number of hydrogen-bond donors (Lipinski definition) is 1. The fourth-order valence-electron chi connectivity index (χ4n) is 4.00. The number of fused-ring (bicyclic) bond motifs is 1. The van der Waals surface area contributed by atoms with Crippen LogP contribution >= 0.6 is 15.9 Å². The van der Waals surface area contributed by atoms with Crippen molar-refractivity contribution in [1.82, 2.24) is 14.5 Å². The Hall–Kier alpha value is -3.49. The average Bonchev–Trinajstić information content (AvgIpc) is 2.85. The van der Waals surface area contributed by atoms with Crippen LogP contribution in [0.1, 0.15) is 24.4 Å². The van der Waals surface area contributed by atoms with Gasteiger partial charge in [0.2, 0.25) is 0 Å². The van der Waals surface area contributed by atoms with Gasteiger partial charge in [0.25, 0.3) is 5.56 Å². The summed E-state index contributed by atoms with van der Waals surface area (Å²) in [7, 11) is 1.59. The number of aromatic nitrogens is 2. The molecular formula is C27H27BrN4O3. The molecule has 0 aliphatic heterocycles. The predicted octanol–water partition coefficient (Wildman–Crippen LogP) is 5.70. The number of nitrogens with one attached hydrogen (secondary N) is 1. The molecule has 0 radical (unpaired) electrons. The van der Waals surface area contributed by atoms with Gasteiger partial charge in [-0.3, -0.25) is 9.36 Å². The number of methoxy groups -OCH3 is 1. The molecule has 180 valence electrons. The van der Waals surface area contributed by atoms with E-state index in [9.17, 15) is 9.59 Å². The van der Waals surface area contributed by atoms with Gasteiger partial charge < -0.3 is 15.0 Å². The first kappa shape index (κ1) is 24.6. The fraction of sp³-hybridized carbons (Fsp3) is 0.222. The second-order valence-corrected chi connectivity index (χ2v) is 9.09. The van der Waals surface area contributed by atoms with Crippen molar-refractivity contribution in [3.05, 3.63) is 99.0 Å². The van der Waals surface area contributed by atoms with Crippen LogP contribution in [-0.4, -0.2) is 40.7 Å². The first-order valence-corrected chi connectivity index (χ1v) is 12.1. The molecule has 0 aliphatic rings. The minimum atomic E-state index is -0.537. The smallest absolute Gasteiger partial charge is 0.322 e. The Balaban J connectivity index is 1.84. The summed E-state index contributed by atoms with van der Waals surface area (Å²) in [6, 6.07) is 21.5. The quantitative estimate of drug-likeness (QED) is 0.330. The van der Waals surface area contributed by atoms with Crippen LogP contribution in [0.25, 0.3) is 16.6 Å². The minimum absolute atomic E-state index is 0.180. The van der Waals surface area contributed by atoms with Crippen LogP contribution < -0.4 is 10.9 Å². The van der Waals surface area contributed by atoms with Gasteiger partial charge in [-0.25, -0.2) is 9.78 Å². The lowest BCUT2D eigenvalue weighted by Gasteiger charge is -2.30. The van der Waals surface area contributed by atoms with E-state index in [1.165, 1.54) is 0 Å². The van der Waals surface area contributed by atoms with Crippen molar-refractivity contribution in [2.75, 3.05) is 25.6 Å². The molecule has 0 saturated heterocycles. The number of aryl methyl sites for hydroxylation is 1. The van der Waals surface area contributed by atoms with Crippen molar-refractivity contribution in [2.45, 2.75) is 19.9 Å². The number of rotatable bonds is 7. The molecule has 0 bridgehead atoms. The molecule has 7 nitrogen and oxygen atoms in total. The lowest BCUT2D eigenvalue weighted by atomic mass is 10.1. The molecule has 0 spiro atoms. The summed E-state index contributed by atoms with van der Waals surface area (Å²) in [5.74, 6) is 0.470. The van der Waals surface area contributed by atoms with E-state index in [0.717, 1.165) is 10.0 Å². The van der Waals surface area contributed by atoms with Crippen LogP contribution in [0, 0.1) is 6.92 Å². The Kier molecular flexibility index (Phi) is 7.63. The Bertz CT molecular complexity index is 1420.